The summed E-state index contributed by atoms with van der Waals surface area (Å²) in [6, 6.07) is 0. The average Bonchev–Trinajstić information content (AvgIpc) is 2.13. The average molecular weight is 202 g/mol. The van der Waals surface area contributed by atoms with E-state index in [1.165, 1.54) is 0 Å². The summed E-state index contributed by atoms with van der Waals surface area (Å²) in [5.74, 6) is -1.15. The number of rotatable bonds is 2. The van der Waals surface area contributed by atoms with Crippen LogP contribution in [0, 0.1) is 0 Å². The molecule has 0 aromatic rings. The molecular formula is C9H14O5. The zero-order chi connectivity index (χ0) is 10.9. The molecule has 14 heavy (non-hydrogen) atoms. The van der Waals surface area contributed by atoms with Crippen molar-refractivity contribution in [1.29, 1.82) is 0 Å². The number of hydrogen-bond acceptors (Lipinski definition) is 4. The predicted molar refractivity (Wildman–Crippen MR) is 47.6 cm³/mol. The van der Waals surface area contributed by atoms with E-state index in [9.17, 15) is 20.1 Å². The van der Waals surface area contributed by atoms with Crippen LogP contribution in [0.5, 0.6) is 0 Å². The standard InChI is InChI=1S/C9H14O5/c1-2-4-5(9(13)14)3-6(10)8(12)7(4)11/h6-8,10-12H,2-3H2,1H3,(H,13,14)/t6-,7-,8+/m1/s1. The molecular weight excluding hydrogens is 188 g/mol. The highest BCUT2D eigenvalue weighted by atomic mass is 16.4. The van der Waals surface area contributed by atoms with Crippen molar-refractivity contribution in [1.82, 2.24) is 0 Å². The van der Waals surface area contributed by atoms with Crippen molar-refractivity contribution in [3.8, 4) is 0 Å². The van der Waals surface area contributed by atoms with Crippen LogP contribution >= 0.6 is 0 Å². The first-order valence-electron chi connectivity index (χ1n) is 4.48. The Morgan fingerprint density at radius 1 is 1.43 bits per heavy atom. The van der Waals surface area contributed by atoms with Crippen molar-refractivity contribution in [2.24, 2.45) is 0 Å². The van der Waals surface area contributed by atoms with Crippen LogP contribution in [0.3, 0.4) is 0 Å². The lowest BCUT2D eigenvalue weighted by atomic mass is 9.84. The normalized spacial score (nSPS) is 33.3. The van der Waals surface area contributed by atoms with Gasteiger partial charge in [-0.1, -0.05) is 6.92 Å². The van der Waals surface area contributed by atoms with Gasteiger partial charge in [0.2, 0.25) is 0 Å². The smallest absolute Gasteiger partial charge is 0.331 e. The molecule has 4 N–H and O–H groups in total. The molecule has 0 unspecified atom stereocenters. The van der Waals surface area contributed by atoms with E-state index in [-0.39, 0.29) is 12.0 Å². The highest BCUT2D eigenvalue weighted by Gasteiger charge is 2.36. The third kappa shape index (κ3) is 1.79. The molecule has 0 aromatic heterocycles. The SMILES string of the molecule is CCC1=C(C(=O)O)C[C@@H](O)[C@H](O)[C@@H]1O. The number of aliphatic carboxylic acids is 1. The third-order valence-electron chi connectivity index (χ3n) is 2.51. The Balaban J connectivity index is 3.07. The zero-order valence-electron chi connectivity index (χ0n) is 7.84. The van der Waals surface area contributed by atoms with Crippen molar-refractivity contribution in [3.63, 3.8) is 0 Å². The van der Waals surface area contributed by atoms with E-state index in [4.69, 9.17) is 5.11 Å². The first-order chi connectivity index (χ1) is 6.49. The molecule has 0 heterocycles. The lowest BCUT2D eigenvalue weighted by Crippen LogP contribution is -2.43. The first kappa shape index (κ1) is 11.2. The fraction of sp³-hybridized carbons (Fsp3) is 0.667. The number of carboxylic acids is 1. The second-order valence-electron chi connectivity index (χ2n) is 3.37. The Bertz CT molecular complexity index is 270. The maximum Gasteiger partial charge on any atom is 0.331 e. The molecule has 0 bridgehead atoms. The van der Waals surface area contributed by atoms with Crippen LogP contribution in [-0.4, -0.2) is 44.7 Å². The predicted octanol–water partition coefficient (Wildman–Crippen LogP) is -0.736. The summed E-state index contributed by atoms with van der Waals surface area (Å²) in [5, 5.41) is 36.9. The summed E-state index contributed by atoms with van der Waals surface area (Å²) in [6.45, 7) is 1.70. The van der Waals surface area contributed by atoms with Gasteiger partial charge < -0.3 is 20.4 Å². The minimum Gasteiger partial charge on any atom is -0.478 e. The van der Waals surface area contributed by atoms with Crippen LogP contribution in [-0.2, 0) is 4.79 Å². The summed E-state index contributed by atoms with van der Waals surface area (Å²) in [7, 11) is 0. The lowest BCUT2D eigenvalue weighted by molar-refractivity contribution is -0.134. The van der Waals surface area contributed by atoms with Crippen molar-refractivity contribution in [3.05, 3.63) is 11.1 Å². The largest absolute Gasteiger partial charge is 0.478 e. The molecule has 3 atom stereocenters. The van der Waals surface area contributed by atoms with Gasteiger partial charge in [-0.2, -0.15) is 0 Å². The fourth-order valence-electron chi connectivity index (χ4n) is 1.70. The summed E-state index contributed by atoms with van der Waals surface area (Å²) < 4.78 is 0. The molecule has 0 aliphatic heterocycles. The molecule has 0 saturated heterocycles. The van der Waals surface area contributed by atoms with Crippen LogP contribution in [0.2, 0.25) is 0 Å². The van der Waals surface area contributed by atoms with Gasteiger partial charge in [-0.05, 0) is 12.0 Å². The van der Waals surface area contributed by atoms with E-state index in [1.54, 1.807) is 6.92 Å². The van der Waals surface area contributed by atoms with Crippen LogP contribution in [0.15, 0.2) is 11.1 Å². The maximum atomic E-state index is 10.8. The Labute approximate surface area is 81.3 Å². The van der Waals surface area contributed by atoms with Gasteiger partial charge in [0.1, 0.15) is 12.2 Å². The van der Waals surface area contributed by atoms with Crippen LogP contribution < -0.4 is 0 Å². The number of aliphatic hydroxyl groups excluding tert-OH is 3. The molecule has 0 spiro atoms. The zero-order valence-corrected chi connectivity index (χ0v) is 7.84. The quantitative estimate of drug-likeness (QED) is 0.473. The highest BCUT2D eigenvalue weighted by Crippen LogP contribution is 2.28. The minimum atomic E-state index is -1.28. The van der Waals surface area contributed by atoms with Gasteiger partial charge in [-0.3, -0.25) is 0 Å². The summed E-state index contributed by atoms with van der Waals surface area (Å²) in [4.78, 5) is 10.8. The van der Waals surface area contributed by atoms with Gasteiger partial charge in [0, 0.05) is 12.0 Å². The Hall–Kier alpha value is -0.910. The Kier molecular flexibility index (Phi) is 3.25. The number of aliphatic hydroxyl groups is 3. The van der Waals surface area contributed by atoms with Crippen LogP contribution in [0.25, 0.3) is 0 Å². The topological polar surface area (TPSA) is 98.0 Å². The van der Waals surface area contributed by atoms with Gasteiger partial charge in [-0.15, -0.1) is 0 Å². The number of hydrogen-bond donors (Lipinski definition) is 4. The molecule has 1 aliphatic rings. The van der Waals surface area contributed by atoms with E-state index >= 15 is 0 Å². The second-order valence-corrected chi connectivity index (χ2v) is 3.37. The van der Waals surface area contributed by atoms with Gasteiger partial charge in [0.05, 0.1) is 6.10 Å². The second kappa shape index (κ2) is 4.08. The van der Waals surface area contributed by atoms with E-state index in [1.807, 2.05) is 0 Å². The van der Waals surface area contributed by atoms with Gasteiger partial charge in [0.15, 0.2) is 0 Å². The van der Waals surface area contributed by atoms with Gasteiger partial charge in [-0.25, -0.2) is 4.79 Å². The van der Waals surface area contributed by atoms with Crippen molar-refractivity contribution in [2.75, 3.05) is 0 Å². The van der Waals surface area contributed by atoms with Crippen molar-refractivity contribution in [2.45, 2.75) is 38.1 Å². The maximum absolute atomic E-state index is 10.8. The lowest BCUT2D eigenvalue weighted by Gasteiger charge is -2.31. The summed E-state index contributed by atoms with van der Waals surface area (Å²) in [6.07, 6.45) is -3.52. The van der Waals surface area contributed by atoms with E-state index in [2.05, 4.69) is 0 Å². The monoisotopic (exact) mass is 202 g/mol. The van der Waals surface area contributed by atoms with E-state index in [0.29, 0.717) is 12.0 Å². The van der Waals surface area contributed by atoms with Gasteiger partial charge in [0.25, 0.3) is 0 Å². The van der Waals surface area contributed by atoms with E-state index < -0.39 is 24.3 Å². The van der Waals surface area contributed by atoms with Crippen LogP contribution in [0.1, 0.15) is 19.8 Å². The fourth-order valence-corrected chi connectivity index (χ4v) is 1.70. The third-order valence-corrected chi connectivity index (χ3v) is 2.51. The molecule has 1 rings (SSSR count). The molecule has 0 saturated carbocycles. The Morgan fingerprint density at radius 2 is 2.00 bits per heavy atom. The molecule has 0 amide bonds. The highest BCUT2D eigenvalue weighted by molar-refractivity contribution is 5.88. The molecule has 0 radical (unpaired) electrons. The summed E-state index contributed by atoms with van der Waals surface area (Å²) in [5.41, 5.74) is 0.313. The number of carbonyl (C=O) groups is 1. The first-order valence-corrected chi connectivity index (χ1v) is 4.48. The molecule has 0 aromatic carbocycles. The molecule has 1 aliphatic carbocycles. The molecule has 5 nitrogen and oxygen atoms in total. The molecule has 80 valence electrons. The number of carboxylic acid groups (broad SMARTS) is 1. The molecule has 5 heteroatoms. The molecule has 0 fully saturated rings. The minimum absolute atomic E-state index is 0.0119. The van der Waals surface area contributed by atoms with Crippen LogP contribution in [0.4, 0.5) is 0 Å². The van der Waals surface area contributed by atoms with E-state index in [0.717, 1.165) is 0 Å². The van der Waals surface area contributed by atoms with Gasteiger partial charge >= 0.3 is 5.97 Å². The summed E-state index contributed by atoms with van der Waals surface area (Å²) >= 11 is 0. The van der Waals surface area contributed by atoms with Crippen molar-refractivity contribution < 1.29 is 25.2 Å². The van der Waals surface area contributed by atoms with Crippen molar-refractivity contribution >= 4 is 5.97 Å². The Morgan fingerprint density at radius 3 is 2.43 bits per heavy atom.